The molecule has 1 N–H and O–H groups in total. The Labute approximate surface area is 97.4 Å². The fourth-order valence-corrected chi connectivity index (χ4v) is 2.14. The molecule has 1 saturated heterocycles. The van der Waals surface area contributed by atoms with Crippen LogP contribution in [0, 0.1) is 0 Å². The van der Waals surface area contributed by atoms with Crippen LogP contribution in [0.5, 0.6) is 5.75 Å². The van der Waals surface area contributed by atoms with E-state index in [1.807, 2.05) is 12.1 Å². The lowest BCUT2D eigenvalue weighted by atomic mass is 10.1. The number of benzene rings is 1. The average molecular weight is 220 g/mol. The van der Waals surface area contributed by atoms with Crippen LogP contribution in [0.3, 0.4) is 0 Å². The van der Waals surface area contributed by atoms with Crippen LogP contribution in [0.1, 0.15) is 12.5 Å². The number of hydrogen-bond donors (Lipinski definition) is 1. The Bertz CT molecular complexity index is 323. The third-order valence-electron chi connectivity index (χ3n) is 3.02. The SMILES string of the molecule is COc1ccc(CN2CCN[C@@H](C)C2)cc1. The highest BCUT2D eigenvalue weighted by Crippen LogP contribution is 2.13. The van der Waals surface area contributed by atoms with Crippen LogP contribution in [-0.4, -0.2) is 37.7 Å². The van der Waals surface area contributed by atoms with E-state index in [0.717, 1.165) is 31.9 Å². The molecule has 0 unspecified atom stereocenters. The summed E-state index contributed by atoms with van der Waals surface area (Å²) in [5.74, 6) is 0.928. The van der Waals surface area contributed by atoms with E-state index < -0.39 is 0 Å². The minimum Gasteiger partial charge on any atom is -0.497 e. The zero-order chi connectivity index (χ0) is 11.4. The second kappa shape index (κ2) is 5.32. The maximum Gasteiger partial charge on any atom is 0.118 e. The van der Waals surface area contributed by atoms with Gasteiger partial charge in [-0.1, -0.05) is 12.1 Å². The van der Waals surface area contributed by atoms with Gasteiger partial charge >= 0.3 is 0 Å². The van der Waals surface area contributed by atoms with Crippen molar-refractivity contribution < 1.29 is 4.74 Å². The smallest absolute Gasteiger partial charge is 0.118 e. The summed E-state index contributed by atoms with van der Waals surface area (Å²) >= 11 is 0. The molecule has 3 nitrogen and oxygen atoms in total. The van der Waals surface area contributed by atoms with Crippen molar-refractivity contribution in [2.75, 3.05) is 26.7 Å². The molecule has 1 heterocycles. The summed E-state index contributed by atoms with van der Waals surface area (Å²) in [5, 5.41) is 3.45. The summed E-state index contributed by atoms with van der Waals surface area (Å²) in [5.41, 5.74) is 1.36. The lowest BCUT2D eigenvalue weighted by Gasteiger charge is -2.31. The van der Waals surface area contributed by atoms with Crippen LogP contribution < -0.4 is 10.1 Å². The van der Waals surface area contributed by atoms with Gasteiger partial charge in [-0.15, -0.1) is 0 Å². The van der Waals surface area contributed by atoms with E-state index in [9.17, 15) is 0 Å². The van der Waals surface area contributed by atoms with E-state index in [1.165, 1.54) is 5.56 Å². The van der Waals surface area contributed by atoms with Crippen molar-refractivity contribution in [2.24, 2.45) is 0 Å². The van der Waals surface area contributed by atoms with Crippen molar-refractivity contribution in [3.8, 4) is 5.75 Å². The van der Waals surface area contributed by atoms with E-state index in [-0.39, 0.29) is 0 Å². The molecule has 0 radical (unpaired) electrons. The van der Waals surface area contributed by atoms with Gasteiger partial charge in [0.15, 0.2) is 0 Å². The molecule has 1 atom stereocenters. The third-order valence-corrected chi connectivity index (χ3v) is 3.02. The van der Waals surface area contributed by atoms with Crippen molar-refractivity contribution in [1.82, 2.24) is 10.2 Å². The number of nitrogens with zero attached hydrogens (tertiary/aromatic N) is 1. The minimum absolute atomic E-state index is 0.604. The minimum atomic E-state index is 0.604. The van der Waals surface area contributed by atoms with Gasteiger partial charge in [0.05, 0.1) is 7.11 Å². The Balaban J connectivity index is 1.92. The van der Waals surface area contributed by atoms with Crippen LogP contribution in [0.2, 0.25) is 0 Å². The summed E-state index contributed by atoms with van der Waals surface area (Å²) in [6.07, 6.45) is 0. The highest BCUT2D eigenvalue weighted by Gasteiger charge is 2.15. The topological polar surface area (TPSA) is 24.5 Å². The molecule has 0 amide bonds. The van der Waals surface area contributed by atoms with Gasteiger partial charge in [-0.25, -0.2) is 0 Å². The maximum atomic E-state index is 5.15. The Kier molecular flexibility index (Phi) is 3.80. The monoisotopic (exact) mass is 220 g/mol. The molecule has 16 heavy (non-hydrogen) atoms. The van der Waals surface area contributed by atoms with E-state index in [0.29, 0.717) is 6.04 Å². The van der Waals surface area contributed by atoms with Gasteiger partial charge in [0.1, 0.15) is 5.75 Å². The molecular formula is C13H20N2O. The molecule has 0 aromatic heterocycles. The molecule has 2 rings (SSSR count). The third kappa shape index (κ3) is 2.97. The van der Waals surface area contributed by atoms with E-state index in [2.05, 4.69) is 29.3 Å². The molecule has 0 saturated carbocycles. The first-order chi connectivity index (χ1) is 7.78. The molecule has 0 aliphatic carbocycles. The zero-order valence-electron chi connectivity index (χ0n) is 10.1. The predicted octanol–water partition coefficient (Wildman–Crippen LogP) is 1.49. The van der Waals surface area contributed by atoms with Gasteiger partial charge in [0.2, 0.25) is 0 Å². The standard InChI is InChI=1S/C13H20N2O/c1-11-9-15(8-7-14-11)10-12-3-5-13(16-2)6-4-12/h3-6,11,14H,7-10H2,1-2H3/t11-/m0/s1. The maximum absolute atomic E-state index is 5.15. The molecule has 1 aliphatic rings. The molecule has 3 heteroatoms. The van der Waals surface area contributed by atoms with E-state index in [4.69, 9.17) is 4.74 Å². The first kappa shape index (κ1) is 11.4. The number of ether oxygens (including phenoxy) is 1. The summed E-state index contributed by atoms with van der Waals surface area (Å²) in [6, 6.07) is 8.95. The van der Waals surface area contributed by atoms with Crippen LogP contribution in [0.4, 0.5) is 0 Å². The fourth-order valence-electron chi connectivity index (χ4n) is 2.14. The number of hydrogen-bond acceptors (Lipinski definition) is 3. The van der Waals surface area contributed by atoms with Crippen molar-refractivity contribution in [3.05, 3.63) is 29.8 Å². The van der Waals surface area contributed by atoms with E-state index >= 15 is 0 Å². The Morgan fingerprint density at radius 1 is 1.38 bits per heavy atom. The number of nitrogens with one attached hydrogen (secondary N) is 1. The van der Waals surface area contributed by atoms with Crippen molar-refractivity contribution >= 4 is 0 Å². The lowest BCUT2D eigenvalue weighted by Crippen LogP contribution is -2.48. The molecule has 0 bridgehead atoms. The quantitative estimate of drug-likeness (QED) is 0.835. The second-order valence-corrected chi connectivity index (χ2v) is 4.44. The fraction of sp³-hybridized carbons (Fsp3) is 0.538. The molecule has 1 aromatic rings. The Hall–Kier alpha value is -1.06. The number of piperazine rings is 1. The first-order valence-corrected chi connectivity index (χ1v) is 5.86. The molecule has 1 aliphatic heterocycles. The van der Waals surface area contributed by atoms with Gasteiger partial charge < -0.3 is 10.1 Å². The average Bonchev–Trinajstić information content (AvgIpc) is 2.30. The van der Waals surface area contributed by atoms with Gasteiger partial charge in [-0.2, -0.15) is 0 Å². The van der Waals surface area contributed by atoms with Crippen LogP contribution in [0.25, 0.3) is 0 Å². The second-order valence-electron chi connectivity index (χ2n) is 4.44. The summed E-state index contributed by atoms with van der Waals surface area (Å²) in [7, 11) is 1.70. The Morgan fingerprint density at radius 2 is 2.12 bits per heavy atom. The Morgan fingerprint density at radius 3 is 2.75 bits per heavy atom. The lowest BCUT2D eigenvalue weighted by molar-refractivity contribution is 0.199. The number of methoxy groups -OCH3 is 1. The predicted molar refractivity (Wildman–Crippen MR) is 65.7 cm³/mol. The van der Waals surface area contributed by atoms with Crippen molar-refractivity contribution in [1.29, 1.82) is 0 Å². The zero-order valence-corrected chi connectivity index (χ0v) is 10.1. The molecule has 88 valence electrons. The van der Waals surface area contributed by atoms with Gasteiger partial charge in [-0.05, 0) is 24.6 Å². The van der Waals surface area contributed by atoms with Crippen LogP contribution >= 0.6 is 0 Å². The van der Waals surface area contributed by atoms with Crippen molar-refractivity contribution in [2.45, 2.75) is 19.5 Å². The number of rotatable bonds is 3. The summed E-state index contributed by atoms with van der Waals surface area (Å²) < 4.78 is 5.15. The van der Waals surface area contributed by atoms with Gasteiger partial charge in [0, 0.05) is 32.2 Å². The molecule has 0 spiro atoms. The molecule has 1 aromatic carbocycles. The molecule has 1 fully saturated rings. The van der Waals surface area contributed by atoms with Crippen molar-refractivity contribution in [3.63, 3.8) is 0 Å². The van der Waals surface area contributed by atoms with Crippen LogP contribution in [0.15, 0.2) is 24.3 Å². The van der Waals surface area contributed by atoms with Gasteiger partial charge in [0.25, 0.3) is 0 Å². The van der Waals surface area contributed by atoms with Crippen LogP contribution in [-0.2, 0) is 6.54 Å². The molecular weight excluding hydrogens is 200 g/mol. The van der Waals surface area contributed by atoms with E-state index in [1.54, 1.807) is 7.11 Å². The normalized spacial score (nSPS) is 22.0. The van der Waals surface area contributed by atoms with Gasteiger partial charge in [-0.3, -0.25) is 4.90 Å². The highest BCUT2D eigenvalue weighted by molar-refractivity contribution is 5.27. The summed E-state index contributed by atoms with van der Waals surface area (Å²) in [4.78, 5) is 2.49. The summed E-state index contributed by atoms with van der Waals surface area (Å²) in [6.45, 7) is 6.63. The largest absolute Gasteiger partial charge is 0.497 e. The first-order valence-electron chi connectivity index (χ1n) is 5.86. The highest BCUT2D eigenvalue weighted by atomic mass is 16.5.